The van der Waals surface area contributed by atoms with E-state index in [0.29, 0.717) is 19.4 Å². The van der Waals surface area contributed by atoms with Gasteiger partial charge < -0.3 is 10.6 Å². The largest absolute Gasteiger partial charge is 0.355 e. The Hall–Kier alpha value is -1.47. The predicted molar refractivity (Wildman–Crippen MR) is 63.2 cm³/mol. The Balaban J connectivity index is 2.06. The zero-order chi connectivity index (χ0) is 13.4. The summed E-state index contributed by atoms with van der Waals surface area (Å²) < 4.78 is 0. The van der Waals surface area contributed by atoms with E-state index in [-0.39, 0.29) is 37.2 Å². The van der Waals surface area contributed by atoms with Gasteiger partial charge in [-0.1, -0.05) is 0 Å². The number of carbonyl (C=O) groups excluding carboxylic acids is 3. The van der Waals surface area contributed by atoms with Crippen molar-refractivity contribution in [2.24, 2.45) is 0 Å². The highest BCUT2D eigenvalue weighted by Crippen LogP contribution is 2.12. The molecule has 102 valence electrons. The number of imide groups is 1. The molecule has 0 radical (unpaired) electrons. The molecule has 0 unspecified atom stereocenters. The summed E-state index contributed by atoms with van der Waals surface area (Å²) in [6.45, 7) is 1.50. The topological polar surface area (TPSA) is 87.7 Å². The maximum absolute atomic E-state index is 11.3. The molecular weight excluding hydrogens is 238 g/mol. The summed E-state index contributed by atoms with van der Waals surface area (Å²) in [5.41, 5.74) is 0. The van der Waals surface area contributed by atoms with Gasteiger partial charge in [0, 0.05) is 32.4 Å². The summed E-state index contributed by atoms with van der Waals surface area (Å²) in [7, 11) is 1.81. The number of hydrogen-bond acceptors (Lipinski definition) is 5. The lowest BCUT2D eigenvalue weighted by molar-refractivity contribution is -0.187. The molecule has 0 aromatic rings. The Morgan fingerprint density at radius 3 is 2.56 bits per heavy atom. The van der Waals surface area contributed by atoms with Gasteiger partial charge >= 0.3 is 0 Å². The summed E-state index contributed by atoms with van der Waals surface area (Å²) in [6.07, 6.45) is 1.22. The van der Waals surface area contributed by atoms with Gasteiger partial charge in [0.25, 0.3) is 11.8 Å². The Morgan fingerprint density at radius 2 is 1.94 bits per heavy atom. The molecule has 18 heavy (non-hydrogen) atoms. The Bertz CT molecular complexity index is 303. The number of rotatable bonds is 8. The van der Waals surface area contributed by atoms with E-state index in [1.165, 1.54) is 0 Å². The molecule has 1 rings (SSSR count). The van der Waals surface area contributed by atoms with Gasteiger partial charge in [-0.05, 0) is 13.5 Å². The molecule has 2 N–H and O–H groups in total. The maximum atomic E-state index is 11.3. The average Bonchev–Trinajstić information content (AvgIpc) is 2.66. The lowest BCUT2D eigenvalue weighted by atomic mass is 10.3. The van der Waals surface area contributed by atoms with Crippen molar-refractivity contribution < 1.29 is 19.2 Å². The molecule has 7 nitrogen and oxygen atoms in total. The quantitative estimate of drug-likeness (QED) is 0.438. The average molecular weight is 257 g/mol. The number of nitrogens with one attached hydrogen (secondary N) is 2. The molecule has 0 atom stereocenters. The van der Waals surface area contributed by atoms with Crippen LogP contribution in [-0.2, 0) is 19.2 Å². The number of nitrogens with zero attached hydrogens (tertiary/aromatic N) is 1. The van der Waals surface area contributed by atoms with E-state index in [0.717, 1.165) is 11.6 Å². The first-order valence-electron chi connectivity index (χ1n) is 6.05. The molecule has 0 aromatic heterocycles. The highest BCUT2D eigenvalue weighted by atomic mass is 16.7. The van der Waals surface area contributed by atoms with E-state index in [1.807, 2.05) is 7.05 Å². The smallest absolute Gasteiger partial charge is 0.253 e. The van der Waals surface area contributed by atoms with Crippen LogP contribution < -0.4 is 10.6 Å². The van der Waals surface area contributed by atoms with Gasteiger partial charge in [0.05, 0.1) is 6.61 Å². The second-order valence-electron chi connectivity index (χ2n) is 3.97. The fourth-order valence-corrected chi connectivity index (χ4v) is 1.50. The van der Waals surface area contributed by atoms with Crippen LogP contribution >= 0.6 is 0 Å². The normalized spacial score (nSPS) is 15.3. The minimum absolute atomic E-state index is 0.0621. The van der Waals surface area contributed by atoms with Crippen molar-refractivity contribution in [3.63, 3.8) is 0 Å². The summed E-state index contributed by atoms with van der Waals surface area (Å²) in [5, 5.41) is 6.45. The standard InChI is InChI=1S/C11H19N3O4/c1-12-6-7-13-9(15)3-2-8-18-14-10(16)4-5-11(14)17/h12H,2-8H2,1H3,(H,13,15). The molecule has 0 saturated carbocycles. The van der Waals surface area contributed by atoms with Gasteiger partial charge in [-0.15, -0.1) is 0 Å². The Labute approximate surface area is 106 Å². The minimum atomic E-state index is -0.307. The van der Waals surface area contributed by atoms with Crippen molar-refractivity contribution in [1.29, 1.82) is 0 Å². The van der Waals surface area contributed by atoms with Gasteiger partial charge in [0.15, 0.2) is 0 Å². The monoisotopic (exact) mass is 257 g/mol. The number of carbonyl (C=O) groups is 3. The van der Waals surface area contributed by atoms with Crippen LogP contribution in [0.15, 0.2) is 0 Å². The second kappa shape index (κ2) is 7.78. The van der Waals surface area contributed by atoms with Gasteiger partial charge in [0.1, 0.15) is 0 Å². The van der Waals surface area contributed by atoms with Crippen LogP contribution in [0.4, 0.5) is 0 Å². The Morgan fingerprint density at radius 1 is 1.28 bits per heavy atom. The number of hydroxylamine groups is 2. The fourth-order valence-electron chi connectivity index (χ4n) is 1.50. The van der Waals surface area contributed by atoms with Crippen LogP contribution in [0.1, 0.15) is 25.7 Å². The van der Waals surface area contributed by atoms with Gasteiger partial charge in [0.2, 0.25) is 5.91 Å². The fraction of sp³-hybridized carbons (Fsp3) is 0.727. The van der Waals surface area contributed by atoms with E-state index in [1.54, 1.807) is 0 Å². The van der Waals surface area contributed by atoms with Crippen molar-refractivity contribution in [2.75, 3.05) is 26.7 Å². The Kier molecular flexibility index (Phi) is 6.31. The molecule has 3 amide bonds. The van der Waals surface area contributed by atoms with E-state index in [2.05, 4.69) is 10.6 Å². The lowest BCUT2D eigenvalue weighted by Gasteiger charge is -2.12. The van der Waals surface area contributed by atoms with Crippen LogP contribution in [0, 0.1) is 0 Å². The summed E-state index contributed by atoms with van der Waals surface area (Å²) in [5.74, 6) is -0.676. The number of amides is 3. The molecular formula is C11H19N3O4. The molecule has 0 bridgehead atoms. The molecule has 7 heteroatoms. The molecule has 1 aliphatic heterocycles. The van der Waals surface area contributed by atoms with E-state index < -0.39 is 0 Å². The van der Waals surface area contributed by atoms with E-state index >= 15 is 0 Å². The van der Waals surface area contributed by atoms with Gasteiger partial charge in [-0.2, -0.15) is 5.06 Å². The van der Waals surface area contributed by atoms with E-state index in [9.17, 15) is 14.4 Å². The number of hydrogen-bond donors (Lipinski definition) is 2. The highest BCUT2D eigenvalue weighted by Gasteiger charge is 2.29. The third kappa shape index (κ3) is 4.80. The molecule has 1 heterocycles. The molecule has 0 aromatic carbocycles. The highest BCUT2D eigenvalue weighted by molar-refractivity contribution is 6.00. The third-order valence-corrected chi connectivity index (χ3v) is 2.47. The second-order valence-corrected chi connectivity index (χ2v) is 3.97. The first kappa shape index (κ1) is 14.6. The lowest BCUT2D eigenvalue weighted by Crippen LogP contribution is -2.31. The molecule has 1 saturated heterocycles. The molecule has 0 aliphatic carbocycles. The van der Waals surface area contributed by atoms with Crippen LogP contribution in [0.3, 0.4) is 0 Å². The maximum Gasteiger partial charge on any atom is 0.253 e. The van der Waals surface area contributed by atoms with Crippen LogP contribution in [0.5, 0.6) is 0 Å². The van der Waals surface area contributed by atoms with Crippen molar-refractivity contribution in [3.05, 3.63) is 0 Å². The van der Waals surface area contributed by atoms with Crippen molar-refractivity contribution in [1.82, 2.24) is 15.7 Å². The summed E-state index contributed by atoms with van der Waals surface area (Å²) in [4.78, 5) is 38.7. The molecule has 1 aliphatic rings. The zero-order valence-electron chi connectivity index (χ0n) is 10.5. The van der Waals surface area contributed by atoms with Crippen LogP contribution in [0.25, 0.3) is 0 Å². The van der Waals surface area contributed by atoms with Crippen LogP contribution in [-0.4, -0.2) is 49.5 Å². The van der Waals surface area contributed by atoms with Crippen molar-refractivity contribution in [3.8, 4) is 0 Å². The summed E-state index contributed by atoms with van der Waals surface area (Å²) in [6, 6.07) is 0. The predicted octanol–water partition coefficient (Wildman–Crippen LogP) is -0.817. The van der Waals surface area contributed by atoms with Crippen molar-refractivity contribution in [2.45, 2.75) is 25.7 Å². The van der Waals surface area contributed by atoms with Gasteiger partial charge in [-0.25, -0.2) is 0 Å². The third-order valence-electron chi connectivity index (χ3n) is 2.47. The first-order chi connectivity index (χ1) is 8.65. The minimum Gasteiger partial charge on any atom is -0.355 e. The van der Waals surface area contributed by atoms with Crippen molar-refractivity contribution >= 4 is 17.7 Å². The van der Waals surface area contributed by atoms with Crippen LogP contribution in [0.2, 0.25) is 0 Å². The van der Waals surface area contributed by atoms with E-state index in [4.69, 9.17) is 4.84 Å². The molecule has 1 fully saturated rings. The first-order valence-corrected chi connectivity index (χ1v) is 6.05. The molecule has 0 spiro atoms. The number of likely N-dealkylation sites (N-methyl/N-ethyl adjacent to an activating group) is 1. The van der Waals surface area contributed by atoms with Gasteiger partial charge in [-0.3, -0.25) is 19.2 Å². The SMILES string of the molecule is CNCCNC(=O)CCCON1C(=O)CCC1=O. The summed E-state index contributed by atoms with van der Waals surface area (Å²) >= 11 is 0. The zero-order valence-corrected chi connectivity index (χ0v) is 10.5.